The number of nitrogens with zero attached hydrogens (tertiary/aromatic N) is 1. The Morgan fingerprint density at radius 3 is 2.11 bits per heavy atom. The highest BCUT2D eigenvalue weighted by atomic mass is 127. The van der Waals surface area contributed by atoms with E-state index < -0.39 is 11.7 Å². The minimum atomic E-state index is -4.53. The van der Waals surface area contributed by atoms with Crippen molar-refractivity contribution < 1.29 is 22.7 Å². The summed E-state index contributed by atoms with van der Waals surface area (Å²) in [5, 5.41) is 2.35. The number of hydrogen-bond donors (Lipinski definition) is 1. The van der Waals surface area contributed by atoms with Gasteiger partial charge in [0.2, 0.25) is 5.91 Å². The number of likely N-dealkylation sites (N-methyl/N-ethyl adjacent to an activating group) is 1. The monoisotopic (exact) mass is 736 g/mol. The highest BCUT2D eigenvalue weighted by molar-refractivity contribution is 14.1. The average molecular weight is 737 g/mol. The lowest BCUT2D eigenvalue weighted by atomic mass is 9.90. The van der Waals surface area contributed by atoms with Gasteiger partial charge in [-0.1, -0.05) is 119 Å². The molecule has 0 saturated heterocycles. The first-order valence-electron chi connectivity index (χ1n) is 14.2. The van der Waals surface area contributed by atoms with E-state index in [0.717, 1.165) is 22.8 Å². The van der Waals surface area contributed by atoms with Gasteiger partial charge >= 0.3 is 6.18 Å². The van der Waals surface area contributed by atoms with Crippen molar-refractivity contribution in [1.29, 1.82) is 0 Å². The van der Waals surface area contributed by atoms with Crippen LogP contribution < -0.4 is 10.1 Å². The molecule has 0 bridgehead atoms. The number of rotatable bonds is 13. The van der Waals surface area contributed by atoms with Gasteiger partial charge in [-0.2, -0.15) is 13.2 Å². The van der Waals surface area contributed by atoms with Gasteiger partial charge in [0.05, 0.1) is 23.6 Å². The van der Waals surface area contributed by atoms with E-state index in [1.807, 2.05) is 65.6 Å². The van der Waals surface area contributed by atoms with Gasteiger partial charge in [0, 0.05) is 32.6 Å². The van der Waals surface area contributed by atoms with Gasteiger partial charge in [0.1, 0.15) is 5.75 Å². The molecule has 4 nitrogen and oxygen atoms in total. The summed E-state index contributed by atoms with van der Waals surface area (Å²) in [6, 6.07) is 31.7. The summed E-state index contributed by atoms with van der Waals surface area (Å²) < 4.78 is 46.8. The first-order chi connectivity index (χ1) is 21.2. The smallest absolute Gasteiger partial charge is 0.417 e. The Bertz CT molecular complexity index is 1400. The van der Waals surface area contributed by atoms with Crippen molar-refractivity contribution in [2.75, 3.05) is 31.7 Å². The lowest BCUT2D eigenvalue weighted by Crippen LogP contribution is -2.31. The third-order valence-corrected chi connectivity index (χ3v) is 7.50. The molecular weight excluding hydrogens is 700 g/mol. The van der Waals surface area contributed by atoms with Gasteiger partial charge in [-0.05, 0) is 51.8 Å². The molecule has 0 aromatic heterocycles. The normalized spacial score (nSPS) is 11.2. The van der Waals surface area contributed by atoms with Crippen LogP contribution in [0.25, 0.3) is 0 Å². The summed E-state index contributed by atoms with van der Waals surface area (Å²) in [5.41, 5.74) is 2.68. The van der Waals surface area contributed by atoms with Crippen LogP contribution in [0.3, 0.4) is 0 Å². The molecule has 234 valence electrons. The van der Waals surface area contributed by atoms with Crippen molar-refractivity contribution in [3.05, 3.63) is 136 Å². The second kappa shape index (κ2) is 18.0. The zero-order valence-electron chi connectivity index (χ0n) is 24.8. The summed E-state index contributed by atoms with van der Waals surface area (Å²) in [6.07, 6.45) is -3.64. The second-order valence-corrected chi connectivity index (χ2v) is 10.5. The first kappa shape index (κ1) is 35.4. The highest BCUT2D eigenvalue weighted by Gasteiger charge is 2.34. The van der Waals surface area contributed by atoms with Gasteiger partial charge < -0.3 is 10.1 Å². The van der Waals surface area contributed by atoms with E-state index in [9.17, 15) is 18.0 Å². The number of carbonyl (C=O) groups excluding carboxylic acids is 1. The van der Waals surface area contributed by atoms with Crippen LogP contribution in [0, 0.1) is 0 Å². The topological polar surface area (TPSA) is 41.6 Å². The minimum absolute atomic E-state index is 0.000661. The summed E-state index contributed by atoms with van der Waals surface area (Å²) in [5.74, 6) is 0.581. The molecular formula is C35H37ClF3IN2O2. The summed E-state index contributed by atoms with van der Waals surface area (Å²) in [6.45, 7) is 1.79. The number of alkyl halides is 4. The fourth-order valence-corrected chi connectivity index (χ4v) is 5.22. The predicted octanol–water partition coefficient (Wildman–Crippen LogP) is 8.80. The van der Waals surface area contributed by atoms with Crippen molar-refractivity contribution in [2.24, 2.45) is 0 Å². The fourth-order valence-electron chi connectivity index (χ4n) is 4.93. The van der Waals surface area contributed by atoms with E-state index in [0.29, 0.717) is 37.4 Å². The molecule has 4 aromatic carbocycles. The molecule has 4 rings (SSSR count). The van der Waals surface area contributed by atoms with Crippen molar-refractivity contribution in [1.82, 2.24) is 10.2 Å². The summed E-state index contributed by atoms with van der Waals surface area (Å²) in [7, 11) is 1.60. The van der Waals surface area contributed by atoms with E-state index >= 15 is 0 Å². The van der Waals surface area contributed by atoms with Crippen LogP contribution >= 0.6 is 34.2 Å². The number of benzene rings is 4. The van der Waals surface area contributed by atoms with E-state index in [1.165, 1.54) is 6.07 Å². The van der Waals surface area contributed by atoms with Crippen LogP contribution in [0.5, 0.6) is 5.75 Å². The molecule has 44 heavy (non-hydrogen) atoms. The Hall–Kier alpha value is -3.08. The quantitative estimate of drug-likeness (QED) is 0.0848. The molecule has 0 unspecified atom stereocenters. The number of ether oxygens (including phenoxy) is 1. The number of halogens is 5. The van der Waals surface area contributed by atoms with Crippen LogP contribution in [-0.4, -0.2) is 42.5 Å². The van der Waals surface area contributed by atoms with E-state index in [1.54, 1.807) is 13.1 Å². The van der Waals surface area contributed by atoms with Gasteiger partial charge in [0.25, 0.3) is 0 Å². The number of hydrogen-bond acceptors (Lipinski definition) is 3. The minimum Gasteiger partial charge on any atom is -0.494 e. The molecule has 0 aliphatic rings. The molecule has 0 spiro atoms. The zero-order valence-corrected chi connectivity index (χ0v) is 27.7. The molecule has 0 aliphatic carbocycles. The fraction of sp³-hybridized carbons (Fsp3) is 0.286. The van der Waals surface area contributed by atoms with Crippen LogP contribution in [0.15, 0.2) is 103 Å². The van der Waals surface area contributed by atoms with Crippen LogP contribution in [0.4, 0.5) is 13.2 Å². The largest absolute Gasteiger partial charge is 0.494 e. The Morgan fingerprint density at radius 1 is 0.909 bits per heavy atom. The Balaban J connectivity index is 0.00000259. The average Bonchev–Trinajstić information content (AvgIpc) is 3.04. The lowest BCUT2D eigenvalue weighted by molar-refractivity contribution is -0.137. The Morgan fingerprint density at radius 2 is 1.52 bits per heavy atom. The molecule has 0 radical (unpaired) electrons. The van der Waals surface area contributed by atoms with Crippen molar-refractivity contribution in [2.45, 2.75) is 31.5 Å². The molecule has 0 saturated carbocycles. The molecule has 0 aliphatic heterocycles. The molecule has 1 N–H and O–H groups in total. The molecule has 0 fully saturated rings. The van der Waals surface area contributed by atoms with E-state index in [-0.39, 0.29) is 29.8 Å². The highest BCUT2D eigenvalue weighted by Crippen LogP contribution is 2.37. The zero-order chi connectivity index (χ0) is 32.0. The third-order valence-electron chi connectivity index (χ3n) is 7.05. The van der Waals surface area contributed by atoms with Gasteiger partial charge in [-0.15, -0.1) is 0 Å². The van der Waals surface area contributed by atoms with Crippen molar-refractivity contribution in [3.63, 3.8) is 0 Å². The molecule has 1 amide bonds. The Kier molecular flexibility index (Phi) is 14.5. The maximum absolute atomic E-state index is 13.6. The van der Waals surface area contributed by atoms with Crippen LogP contribution in [-0.2, 0) is 23.9 Å². The molecule has 0 heterocycles. The molecule has 9 heteroatoms. The van der Waals surface area contributed by atoms with Crippen molar-refractivity contribution >= 4 is 40.1 Å². The van der Waals surface area contributed by atoms with Crippen molar-refractivity contribution in [3.8, 4) is 5.75 Å². The lowest BCUT2D eigenvalue weighted by Gasteiger charge is -2.29. The third kappa shape index (κ3) is 10.8. The SMILES string of the molecule is CI.CNC(=O)Cc1cccc(OCCCN(Cc2cccc(C(F)(F)F)c2Cl)CC(c2ccccc2)c2ccccc2)c1. The summed E-state index contributed by atoms with van der Waals surface area (Å²) in [4.78, 5) is 15.8. The Labute approximate surface area is 276 Å². The maximum atomic E-state index is 13.6. The predicted molar refractivity (Wildman–Crippen MR) is 181 cm³/mol. The van der Waals surface area contributed by atoms with Crippen LogP contribution in [0.2, 0.25) is 5.02 Å². The van der Waals surface area contributed by atoms with Gasteiger partial charge in [0.15, 0.2) is 0 Å². The number of amides is 1. The molecule has 4 aromatic rings. The van der Waals surface area contributed by atoms with Gasteiger partial charge in [-0.25, -0.2) is 0 Å². The standard InChI is InChI=1S/C34H34ClF3N2O2.CH3I/c1-39-32(41)22-25-11-8-17-29(21-25)42-20-10-19-40(23-28-16-9-18-31(33(28)35)34(36,37)38)24-30(26-12-4-2-5-13-26)27-14-6-3-7-15-27;1-2/h2-9,11-18,21,30H,10,19-20,22-24H2,1H3,(H,39,41);1H3. The first-order valence-corrected chi connectivity index (χ1v) is 16.7. The summed E-state index contributed by atoms with van der Waals surface area (Å²) >= 11 is 8.46. The van der Waals surface area contributed by atoms with E-state index in [4.69, 9.17) is 16.3 Å². The van der Waals surface area contributed by atoms with E-state index in [2.05, 4.69) is 57.1 Å². The number of nitrogens with one attached hydrogen (secondary N) is 1. The van der Waals surface area contributed by atoms with Gasteiger partial charge in [-0.3, -0.25) is 9.69 Å². The molecule has 0 atom stereocenters. The van der Waals surface area contributed by atoms with Crippen LogP contribution in [0.1, 0.15) is 40.2 Å². The second-order valence-electron chi connectivity index (χ2n) is 10.1. The number of carbonyl (C=O) groups is 1. The maximum Gasteiger partial charge on any atom is 0.417 e.